The molecular weight excluding hydrogens is 821 g/mol. The highest BCUT2D eigenvalue weighted by Crippen LogP contribution is 2.25. The van der Waals surface area contributed by atoms with Crippen LogP contribution in [0, 0.1) is 6.92 Å². The maximum Gasteiger partial charge on any atom is 0.321 e. The Hall–Kier alpha value is -5.35. The second-order valence-electron chi connectivity index (χ2n) is 15.2. The van der Waals surface area contributed by atoms with Gasteiger partial charge in [-0.15, -0.1) is 16.9 Å². The van der Waals surface area contributed by atoms with Crippen molar-refractivity contribution in [2.45, 2.75) is 83.4 Å². The van der Waals surface area contributed by atoms with Crippen molar-refractivity contribution in [2.75, 3.05) is 76.0 Å². The number of hydrogen-bond acceptors (Lipinski definition) is 15. The molecular formula is C41H60N12O8S. The fraction of sp³-hybridized carbons (Fsp3) is 0.561. The van der Waals surface area contributed by atoms with Gasteiger partial charge in [0.05, 0.1) is 57.7 Å². The molecule has 1 saturated heterocycles. The Morgan fingerprint density at radius 3 is 2.47 bits per heavy atom. The summed E-state index contributed by atoms with van der Waals surface area (Å²) in [5, 5.41) is 31.2. The molecule has 1 aliphatic rings. The highest BCUT2D eigenvalue weighted by Gasteiger charge is 2.25. The molecule has 1 unspecified atom stereocenters. The number of nitrogen functional groups attached to an aromatic ring is 1. The van der Waals surface area contributed by atoms with Gasteiger partial charge in [0.1, 0.15) is 22.5 Å². The quantitative estimate of drug-likeness (QED) is 0.0467. The van der Waals surface area contributed by atoms with Gasteiger partial charge in [-0.2, -0.15) is 4.98 Å². The molecule has 2 amide bonds. The third kappa shape index (κ3) is 14.9. The van der Waals surface area contributed by atoms with E-state index >= 15 is 0 Å². The standard InChI is InChI=1S/C41H60N12O8S/c1-3-4-5-10-44-38-37-33(46-41(43)47-38)8-11-52(37)25-30-7-6-29(21-28(30)2)24-50-12-14-51(15-13-50)36(55)9-17-60-19-20-61-18-16-53-26-31(48-49-53)23-45-35(54)22-34(40(58)59)62-27-32(42)39(56)57/h6-8,11,21,26,32,34H,3-5,9-10,12-20,22-25,27,42H2,1-2H3,(H,45,54)(H,56,57)(H,58,59)(H3,43,44,46,47)/t32-,34?/m0/s1. The van der Waals surface area contributed by atoms with Crippen LogP contribution in [0.15, 0.2) is 36.7 Å². The third-order valence-corrected chi connectivity index (χ3v) is 11.7. The molecule has 4 aromatic rings. The molecule has 338 valence electrons. The van der Waals surface area contributed by atoms with E-state index in [1.54, 1.807) is 10.9 Å². The predicted octanol–water partition coefficient (Wildman–Crippen LogP) is 1.94. The minimum atomic E-state index is -1.24. The molecule has 1 fully saturated rings. The number of aliphatic carboxylic acids is 2. The summed E-state index contributed by atoms with van der Waals surface area (Å²) in [4.78, 5) is 60.8. The van der Waals surface area contributed by atoms with Crippen LogP contribution in [0.1, 0.15) is 61.4 Å². The van der Waals surface area contributed by atoms with Crippen LogP contribution in [0.4, 0.5) is 11.8 Å². The maximum absolute atomic E-state index is 12.9. The predicted molar refractivity (Wildman–Crippen MR) is 234 cm³/mol. The van der Waals surface area contributed by atoms with Gasteiger partial charge in [-0.25, -0.2) is 9.67 Å². The van der Waals surface area contributed by atoms with E-state index in [0.717, 1.165) is 74.1 Å². The fourth-order valence-electron chi connectivity index (χ4n) is 6.86. The number of nitrogens with zero attached hydrogens (tertiary/aromatic N) is 8. The number of thioether (sulfide) groups is 1. The minimum absolute atomic E-state index is 0.0449. The van der Waals surface area contributed by atoms with Crippen molar-refractivity contribution in [3.8, 4) is 0 Å². The van der Waals surface area contributed by atoms with Crippen LogP contribution in [0.2, 0.25) is 0 Å². The number of benzene rings is 1. The number of amides is 2. The lowest BCUT2D eigenvalue weighted by Crippen LogP contribution is -2.48. The first-order valence-electron chi connectivity index (χ1n) is 21.0. The molecule has 20 nitrogen and oxygen atoms in total. The van der Waals surface area contributed by atoms with Crippen molar-refractivity contribution in [1.82, 2.24) is 44.6 Å². The second kappa shape index (κ2) is 24.3. The number of carboxylic acids is 2. The summed E-state index contributed by atoms with van der Waals surface area (Å²) < 4.78 is 15.0. The van der Waals surface area contributed by atoms with Crippen LogP contribution in [0.5, 0.6) is 0 Å². The fourth-order valence-corrected chi connectivity index (χ4v) is 7.85. The van der Waals surface area contributed by atoms with Crippen molar-refractivity contribution in [3.63, 3.8) is 0 Å². The number of fused-ring (bicyclic) bond motifs is 1. The number of nitrogens with one attached hydrogen (secondary N) is 2. The van der Waals surface area contributed by atoms with Gasteiger partial charge in [0, 0.05) is 64.2 Å². The van der Waals surface area contributed by atoms with Crippen molar-refractivity contribution >= 4 is 58.3 Å². The van der Waals surface area contributed by atoms with Gasteiger partial charge in [-0.3, -0.25) is 24.1 Å². The Labute approximate surface area is 365 Å². The van der Waals surface area contributed by atoms with E-state index in [1.165, 1.54) is 16.7 Å². The van der Waals surface area contributed by atoms with Crippen LogP contribution >= 0.6 is 11.8 Å². The average molecular weight is 881 g/mol. The van der Waals surface area contributed by atoms with Crippen molar-refractivity contribution in [3.05, 3.63) is 59.0 Å². The molecule has 3 aromatic heterocycles. The van der Waals surface area contributed by atoms with Crippen molar-refractivity contribution in [2.24, 2.45) is 5.73 Å². The highest BCUT2D eigenvalue weighted by molar-refractivity contribution is 8.00. The van der Waals surface area contributed by atoms with E-state index in [1.807, 2.05) is 17.2 Å². The number of hydrogen-bond donors (Lipinski definition) is 6. The lowest BCUT2D eigenvalue weighted by molar-refractivity contribution is -0.139. The lowest BCUT2D eigenvalue weighted by atomic mass is 10.0. The Morgan fingerprint density at radius 2 is 1.74 bits per heavy atom. The monoisotopic (exact) mass is 880 g/mol. The topological polar surface area (TPSA) is 271 Å². The lowest BCUT2D eigenvalue weighted by Gasteiger charge is -2.35. The Morgan fingerprint density at radius 1 is 0.968 bits per heavy atom. The molecule has 0 saturated carbocycles. The molecule has 21 heteroatoms. The molecule has 1 aromatic carbocycles. The van der Waals surface area contributed by atoms with E-state index in [-0.39, 0.29) is 30.6 Å². The Kier molecular flexibility index (Phi) is 18.7. The summed E-state index contributed by atoms with van der Waals surface area (Å²) in [5.74, 6) is -2.02. The molecule has 8 N–H and O–H groups in total. The molecule has 2 atom stereocenters. The number of carbonyl (C=O) groups excluding carboxylic acids is 2. The average Bonchev–Trinajstić information content (AvgIpc) is 3.88. The number of aryl methyl sites for hydroxylation is 1. The normalized spacial score (nSPS) is 14.2. The van der Waals surface area contributed by atoms with Crippen LogP contribution < -0.4 is 22.1 Å². The third-order valence-electron chi connectivity index (χ3n) is 10.4. The van der Waals surface area contributed by atoms with Crippen LogP contribution in [0.25, 0.3) is 11.0 Å². The molecule has 0 aliphatic carbocycles. The SMILES string of the molecule is CCCCCNc1nc(N)nc2ccn(Cc3ccc(CN4CCN(C(=O)CCOCCOCCn5cc(CNC(=O)CC(SC[C@H](N)C(=O)O)C(=O)O)nn5)CC4)cc3C)c12. The number of unbranched alkanes of at least 4 members (excludes halogenated alkanes) is 2. The summed E-state index contributed by atoms with van der Waals surface area (Å²) in [6.45, 7) is 11.4. The Balaban J connectivity index is 0.922. The summed E-state index contributed by atoms with van der Waals surface area (Å²) in [7, 11) is 0. The maximum atomic E-state index is 12.9. The van der Waals surface area contributed by atoms with Gasteiger partial charge >= 0.3 is 11.9 Å². The van der Waals surface area contributed by atoms with E-state index in [4.69, 9.17) is 26.0 Å². The largest absolute Gasteiger partial charge is 0.480 e. The Bertz CT molecular complexity index is 2090. The summed E-state index contributed by atoms with van der Waals surface area (Å²) in [5.41, 5.74) is 17.4. The van der Waals surface area contributed by atoms with E-state index in [2.05, 4.69) is 72.4 Å². The van der Waals surface area contributed by atoms with Gasteiger partial charge in [-0.1, -0.05) is 43.2 Å². The first-order chi connectivity index (χ1) is 29.9. The molecule has 62 heavy (non-hydrogen) atoms. The minimum Gasteiger partial charge on any atom is -0.480 e. The number of rotatable bonds is 27. The molecule has 5 rings (SSSR count). The van der Waals surface area contributed by atoms with Crippen LogP contribution in [-0.2, 0) is 54.8 Å². The van der Waals surface area contributed by atoms with Gasteiger partial charge < -0.3 is 51.3 Å². The highest BCUT2D eigenvalue weighted by atomic mass is 32.2. The van der Waals surface area contributed by atoms with Crippen LogP contribution in [-0.4, -0.2) is 149 Å². The molecule has 0 spiro atoms. The number of carbonyl (C=O) groups is 4. The van der Waals surface area contributed by atoms with E-state index in [0.29, 0.717) is 64.7 Å². The number of carboxylic acid groups (broad SMARTS) is 2. The van der Waals surface area contributed by atoms with Crippen LogP contribution in [0.3, 0.4) is 0 Å². The van der Waals surface area contributed by atoms with Gasteiger partial charge in [0.2, 0.25) is 17.8 Å². The van der Waals surface area contributed by atoms with Crippen molar-refractivity contribution in [1.29, 1.82) is 0 Å². The molecule has 4 heterocycles. The summed E-state index contributed by atoms with van der Waals surface area (Å²) in [6.07, 6.45) is 7.02. The zero-order valence-corrected chi connectivity index (χ0v) is 36.4. The molecule has 1 aliphatic heterocycles. The van der Waals surface area contributed by atoms with Gasteiger partial charge in [0.15, 0.2) is 5.82 Å². The number of piperazine rings is 1. The first kappa shape index (κ1) is 47.7. The number of aromatic nitrogens is 6. The van der Waals surface area contributed by atoms with Gasteiger partial charge in [0.25, 0.3) is 0 Å². The smallest absolute Gasteiger partial charge is 0.321 e. The molecule has 0 bridgehead atoms. The van der Waals surface area contributed by atoms with E-state index in [9.17, 15) is 24.3 Å². The number of nitrogens with two attached hydrogens (primary N) is 2. The number of ether oxygens (including phenoxy) is 2. The number of anilines is 2. The zero-order chi connectivity index (χ0) is 44.4. The zero-order valence-electron chi connectivity index (χ0n) is 35.5. The molecule has 0 radical (unpaired) electrons. The van der Waals surface area contributed by atoms with Crippen molar-refractivity contribution < 1.29 is 38.9 Å². The summed E-state index contributed by atoms with van der Waals surface area (Å²) in [6, 6.07) is 7.41. The first-order valence-corrected chi connectivity index (χ1v) is 22.0. The van der Waals surface area contributed by atoms with E-state index < -0.39 is 29.1 Å². The summed E-state index contributed by atoms with van der Waals surface area (Å²) >= 11 is 0.803. The second-order valence-corrected chi connectivity index (χ2v) is 16.4. The van der Waals surface area contributed by atoms with Gasteiger partial charge in [-0.05, 0) is 36.1 Å².